The van der Waals surface area contributed by atoms with Crippen LogP contribution >= 0.6 is 0 Å². The maximum absolute atomic E-state index is 14.7. The largest absolute Gasteiger partial charge is 0.388 e. The molecule has 0 saturated carbocycles. The van der Waals surface area contributed by atoms with Crippen LogP contribution in [0.3, 0.4) is 0 Å². The summed E-state index contributed by atoms with van der Waals surface area (Å²) in [5, 5.41) is 21.7. The van der Waals surface area contributed by atoms with Crippen LogP contribution in [0.25, 0.3) is 0 Å². The Labute approximate surface area is 242 Å². The first-order chi connectivity index (χ1) is 19.8. The minimum Gasteiger partial charge on any atom is -0.388 e. The summed E-state index contributed by atoms with van der Waals surface area (Å²) in [7, 11) is 0. The van der Waals surface area contributed by atoms with E-state index in [-0.39, 0.29) is 44.1 Å². The Morgan fingerprint density at radius 3 is 2.61 bits per heavy atom. The number of aromatic nitrogens is 1. The van der Waals surface area contributed by atoms with Crippen LogP contribution in [0.2, 0.25) is 0 Å². The third kappa shape index (κ3) is 10.8. The average molecular weight is 574 g/mol. The number of halogens is 1. The van der Waals surface area contributed by atoms with E-state index in [1.807, 2.05) is 26.0 Å². The second-order valence-corrected chi connectivity index (χ2v) is 10.9. The van der Waals surface area contributed by atoms with Gasteiger partial charge in [-0.1, -0.05) is 32.0 Å². The summed E-state index contributed by atoms with van der Waals surface area (Å²) in [5.74, 6) is -0.942. The van der Waals surface area contributed by atoms with Crippen molar-refractivity contribution in [3.05, 3.63) is 65.7 Å². The van der Waals surface area contributed by atoms with E-state index in [4.69, 9.17) is 9.47 Å². The van der Waals surface area contributed by atoms with Gasteiger partial charge < -0.3 is 29.5 Å². The summed E-state index contributed by atoms with van der Waals surface area (Å²) < 4.78 is 26.3. The Kier molecular flexibility index (Phi) is 13.6. The number of carbonyl (C=O) groups excluding carboxylic acids is 2. The lowest BCUT2D eigenvalue weighted by atomic mass is 10.1. The number of hydrogen-bond donors (Lipinski definition) is 2. The van der Waals surface area contributed by atoms with Gasteiger partial charge in [-0.05, 0) is 55.4 Å². The molecule has 41 heavy (non-hydrogen) atoms. The molecule has 0 spiro atoms. The van der Waals surface area contributed by atoms with Crippen molar-refractivity contribution in [1.29, 1.82) is 0 Å². The first kappa shape index (κ1) is 32.6. The van der Waals surface area contributed by atoms with Gasteiger partial charge in [-0.2, -0.15) is 0 Å². The minimum atomic E-state index is -1.33. The number of aryl methyl sites for hydroxylation is 1. The van der Waals surface area contributed by atoms with Gasteiger partial charge in [-0.25, -0.2) is 4.39 Å². The van der Waals surface area contributed by atoms with Crippen LogP contribution in [0.4, 0.5) is 4.39 Å². The Morgan fingerprint density at radius 2 is 1.88 bits per heavy atom. The molecule has 1 fully saturated rings. The van der Waals surface area contributed by atoms with E-state index in [2.05, 4.69) is 4.98 Å². The summed E-state index contributed by atoms with van der Waals surface area (Å²) in [5.41, 5.74) is 0.851. The molecule has 2 N–H and O–H groups in total. The van der Waals surface area contributed by atoms with E-state index in [0.717, 1.165) is 12.0 Å². The monoisotopic (exact) mass is 573 g/mol. The molecule has 2 aromatic rings. The third-order valence-corrected chi connectivity index (χ3v) is 7.19. The van der Waals surface area contributed by atoms with E-state index in [1.54, 1.807) is 23.4 Å². The van der Waals surface area contributed by atoms with Crippen LogP contribution in [0, 0.1) is 11.7 Å². The highest BCUT2D eigenvalue weighted by Crippen LogP contribution is 2.16. The van der Waals surface area contributed by atoms with E-state index in [0.29, 0.717) is 44.9 Å². The second-order valence-electron chi connectivity index (χ2n) is 10.9. The molecule has 2 amide bonds. The van der Waals surface area contributed by atoms with E-state index in [9.17, 15) is 24.2 Å². The summed E-state index contributed by atoms with van der Waals surface area (Å²) in [6.45, 7) is 5.39. The smallest absolute Gasteiger partial charge is 0.256 e. The van der Waals surface area contributed by atoms with Crippen molar-refractivity contribution < 1.29 is 33.7 Å². The Morgan fingerprint density at radius 1 is 1.10 bits per heavy atom. The molecule has 3 rings (SSSR count). The van der Waals surface area contributed by atoms with Crippen molar-refractivity contribution in [3.63, 3.8) is 0 Å². The van der Waals surface area contributed by atoms with Crippen molar-refractivity contribution in [2.24, 2.45) is 5.92 Å². The highest BCUT2D eigenvalue weighted by molar-refractivity contribution is 5.94. The van der Waals surface area contributed by atoms with Crippen molar-refractivity contribution in [1.82, 2.24) is 14.8 Å². The fourth-order valence-corrected chi connectivity index (χ4v) is 4.63. The van der Waals surface area contributed by atoms with E-state index < -0.39 is 30.0 Å². The standard InChI is InChI=1S/C31H44FN3O6/c1-23(2)13-19-41-28-21-35(31(39)25-9-3-4-10-26(25)32)17-16-34(15-5-6-18-40-22-27(36)30(28)38)29(37)12-11-24-8-7-14-33-20-24/h3-4,7-10,14,20,23,27-28,30,36,38H,5-6,11-13,15-19,21-22H2,1-2H3/t27-,28-,30-/m1/s1. The van der Waals surface area contributed by atoms with Gasteiger partial charge in [0.1, 0.15) is 24.1 Å². The van der Waals surface area contributed by atoms with Crippen LogP contribution in [0.5, 0.6) is 0 Å². The maximum Gasteiger partial charge on any atom is 0.256 e. The molecule has 2 heterocycles. The molecule has 0 unspecified atom stereocenters. The van der Waals surface area contributed by atoms with Gasteiger partial charge in [0.25, 0.3) is 5.91 Å². The number of pyridine rings is 1. The topological polar surface area (TPSA) is 112 Å². The molecule has 1 aliphatic heterocycles. The fourth-order valence-electron chi connectivity index (χ4n) is 4.63. The molecule has 1 saturated heterocycles. The number of amides is 2. The summed E-state index contributed by atoms with van der Waals surface area (Å²) in [6.07, 6.45) is 2.79. The lowest BCUT2D eigenvalue weighted by molar-refractivity contribution is -0.132. The first-order valence-corrected chi connectivity index (χ1v) is 14.5. The molecular weight excluding hydrogens is 529 g/mol. The highest BCUT2D eigenvalue weighted by atomic mass is 19.1. The predicted molar refractivity (Wildman–Crippen MR) is 153 cm³/mol. The number of nitrogens with zero attached hydrogens (tertiary/aromatic N) is 3. The molecule has 10 heteroatoms. The van der Waals surface area contributed by atoms with Crippen molar-refractivity contribution >= 4 is 11.8 Å². The number of aliphatic hydroxyl groups excluding tert-OH is 2. The second kappa shape index (κ2) is 17.1. The third-order valence-electron chi connectivity index (χ3n) is 7.19. The molecule has 3 atom stereocenters. The van der Waals surface area contributed by atoms with E-state index >= 15 is 0 Å². The summed E-state index contributed by atoms with van der Waals surface area (Å²) in [4.78, 5) is 34.1. The molecule has 1 aromatic carbocycles. The van der Waals surface area contributed by atoms with Crippen LogP contribution < -0.4 is 0 Å². The quantitative estimate of drug-likeness (QED) is 0.499. The molecule has 1 aromatic heterocycles. The lowest BCUT2D eigenvalue weighted by Gasteiger charge is -2.34. The zero-order valence-corrected chi connectivity index (χ0v) is 24.2. The molecule has 0 radical (unpaired) electrons. The normalized spacial score (nSPS) is 21.5. The molecule has 9 nitrogen and oxygen atoms in total. The lowest BCUT2D eigenvalue weighted by Crippen LogP contribution is -2.51. The molecule has 0 aliphatic carbocycles. The molecular formula is C31H44FN3O6. The molecule has 1 aliphatic rings. The number of carbonyl (C=O) groups is 2. The first-order valence-electron chi connectivity index (χ1n) is 14.5. The number of rotatable bonds is 8. The predicted octanol–water partition coefficient (Wildman–Crippen LogP) is 3.09. The molecule has 0 bridgehead atoms. The minimum absolute atomic E-state index is 0.0552. The van der Waals surface area contributed by atoms with Crippen LogP contribution in [-0.4, -0.2) is 101 Å². The van der Waals surface area contributed by atoms with Crippen molar-refractivity contribution in [2.45, 2.75) is 64.3 Å². The number of benzene rings is 1. The van der Waals surface area contributed by atoms with Gasteiger partial charge in [0.05, 0.1) is 12.2 Å². The summed E-state index contributed by atoms with van der Waals surface area (Å²) >= 11 is 0. The van der Waals surface area contributed by atoms with Crippen molar-refractivity contribution in [2.75, 3.05) is 46.0 Å². The molecule has 226 valence electrons. The Bertz CT molecular complexity index is 1070. The van der Waals surface area contributed by atoms with Gasteiger partial charge in [0.15, 0.2) is 0 Å². The Balaban J connectivity index is 1.84. The van der Waals surface area contributed by atoms with Gasteiger partial charge in [0, 0.05) is 58.2 Å². The van der Waals surface area contributed by atoms with Gasteiger partial charge >= 0.3 is 0 Å². The van der Waals surface area contributed by atoms with Crippen LogP contribution in [0.1, 0.15) is 55.5 Å². The zero-order valence-electron chi connectivity index (χ0n) is 24.2. The van der Waals surface area contributed by atoms with Gasteiger partial charge in [0.2, 0.25) is 5.91 Å². The zero-order chi connectivity index (χ0) is 29.6. The maximum atomic E-state index is 14.7. The number of aliphatic hydroxyl groups is 2. The van der Waals surface area contributed by atoms with Crippen LogP contribution in [-0.2, 0) is 20.7 Å². The van der Waals surface area contributed by atoms with Gasteiger partial charge in [-0.15, -0.1) is 0 Å². The Hall–Kier alpha value is -2.92. The van der Waals surface area contributed by atoms with E-state index in [1.165, 1.54) is 23.1 Å². The SMILES string of the molecule is CC(C)CCO[C@@H]1CN(C(=O)c2ccccc2F)CCN(C(=O)CCc2cccnc2)CCCCOC[C@@H](O)[C@H]1O. The fraction of sp³-hybridized carbons (Fsp3) is 0.581. The van der Waals surface area contributed by atoms with Crippen LogP contribution in [0.15, 0.2) is 48.8 Å². The number of hydrogen-bond acceptors (Lipinski definition) is 7. The van der Waals surface area contributed by atoms with Gasteiger partial charge in [-0.3, -0.25) is 14.6 Å². The highest BCUT2D eigenvalue weighted by Gasteiger charge is 2.32. The summed E-state index contributed by atoms with van der Waals surface area (Å²) in [6, 6.07) is 9.48. The number of ether oxygens (including phenoxy) is 2. The van der Waals surface area contributed by atoms with Crippen molar-refractivity contribution in [3.8, 4) is 0 Å². The average Bonchev–Trinajstić information content (AvgIpc) is 2.97.